The molecular formula is C17H16N2O2. The fourth-order valence-corrected chi connectivity index (χ4v) is 2.42. The maximum atomic E-state index is 12.7. The van der Waals surface area contributed by atoms with Crippen molar-refractivity contribution in [2.45, 2.75) is 6.10 Å². The predicted octanol–water partition coefficient (Wildman–Crippen LogP) is 2.63. The predicted molar refractivity (Wildman–Crippen MR) is 81.9 cm³/mol. The highest BCUT2D eigenvalue weighted by Crippen LogP contribution is 2.38. The number of fused-ring (bicyclic) bond motifs is 1. The zero-order valence-electron chi connectivity index (χ0n) is 11.5. The number of para-hydroxylation sites is 2. The van der Waals surface area contributed by atoms with E-state index in [2.05, 4.69) is 6.58 Å². The maximum absolute atomic E-state index is 12.7. The van der Waals surface area contributed by atoms with Gasteiger partial charge in [-0.15, -0.1) is 0 Å². The number of ether oxygens (including phenoxy) is 1. The highest BCUT2D eigenvalue weighted by atomic mass is 16.5. The Morgan fingerprint density at radius 1 is 1.14 bits per heavy atom. The van der Waals surface area contributed by atoms with E-state index in [1.165, 1.54) is 0 Å². The van der Waals surface area contributed by atoms with Gasteiger partial charge in [0.1, 0.15) is 5.75 Å². The number of nitrogens with two attached hydrogens (primary N) is 1. The van der Waals surface area contributed by atoms with Gasteiger partial charge in [0.15, 0.2) is 0 Å². The minimum absolute atomic E-state index is 0.133. The lowest BCUT2D eigenvalue weighted by atomic mass is 10.1. The Morgan fingerprint density at radius 2 is 1.81 bits per heavy atom. The summed E-state index contributed by atoms with van der Waals surface area (Å²) >= 11 is 0. The van der Waals surface area contributed by atoms with Gasteiger partial charge >= 0.3 is 0 Å². The fourth-order valence-electron chi connectivity index (χ4n) is 2.42. The third kappa shape index (κ3) is 2.48. The molecule has 2 aromatic rings. The molecule has 1 amide bonds. The summed E-state index contributed by atoms with van der Waals surface area (Å²) in [6.45, 7) is 3.98. The Balaban J connectivity index is 2.04. The Kier molecular flexibility index (Phi) is 3.36. The molecule has 0 fully saturated rings. The van der Waals surface area contributed by atoms with Crippen LogP contribution in [0, 0.1) is 0 Å². The van der Waals surface area contributed by atoms with Crippen molar-refractivity contribution in [1.29, 1.82) is 0 Å². The summed E-state index contributed by atoms with van der Waals surface area (Å²) in [5, 5.41) is 0. The molecular weight excluding hydrogens is 264 g/mol. The normalized spacial score (nSPS) is 17.0. The average Bonchev–Trinajstić information content (AvgIpc) is 2.50. The summed E-state index contributed by atoms with van der Waals surface area (Å²) in [6.07, 6.45) is -0.652. The standard InChI is InChI=1S/C17H16N2O2/c1-12(18)11-19-14-9-5-6-10-15(14)21-16(17(19)20)13-7-3-2-4-8-13/h2-10,16H,1,11,18H2. The van der Waals surface area contributed by atoms with E-state index in [-0.39, 0.29) is 12.5 Å². The number of hydrogen-bond acceptors (Lipinski definition) is 3. The molecule has 3 rings (SSSR count). The highest BCUT2D eigenvalue weighted by Gasteiger charge is 2.35. The molecule has 0 aromatic heterocycles. The number of benzene rings is 2. The minimum Gasteiger partial charge on any atom is -0.474 e. The van der Waals surface area contributed by atoms with Crippen LogP contribution in [-0.2, 0) is 4.79 Å². The van der Waals surface area contributed by atoms with Crippen molar-refractivity contribution in [3.63, 3.8) is 0 Å². The molecule has 106 valence electrons. The van der Waals surface area contributed by atoms with Gasteiger partial charge in [0.05, 0.1) is 12.2 Å². The van der Waals surface area contributed by atoms with Gasteiger partial charge in [-0.2, -0.15) is 0 Å². The first-order valence-corrected chi connectivity index (χ1v) is 6.72. The van der Waals surface area contributed by atoms with Gasteiger partial charge in [-0.05, 0) is 12.1 Å². The van der Waals surface area contributed by atoms with Crippen LogP contribution in [0.2, 0.25) is 0 Å². The second kappa shape index (κ2) is 5.32. The van der Waals surface area contributed by atoms with Crippen LogP contribution in [0.1, 0.15) is 11.7 Å². The zero-order chi connectivity index (χ0) is 14.8. The molecule has 2 aromatic carbocycles. The fraction of sp³-hybridized carbons (Fsp3) is 0.118. The van der Waals surface area contributed by atoms with Crippen LogP contribution in [0.25, 0.3) is 0 Å². The van der Waals surface area contributed by atoms with Gasteiger partial charge in [0.2, 0.25) is 6.10 Å². The van der Waals surface area contributed by atoms with Gasteiger partial charge < -0.3 is 10.5 Å². The summed E-state index contributed by atoms with van der Waals surface area (Å²) in [5.74, 6) is 0.540. The van der Waals surface area contributed by atoms with E-state index in [4.69, 9.17) is 10.5 Å². The smallest absolute Gasteiger partial charge is 0.273 e. The largest absolute Gasteiger partial charge is 0.474 e. The topological polar surface area (TPSA) is 55.6 Å². The molecule has 1 aliphatic heterocycles. The van der Waals surface area contributed by atoms with Crippen LogP contribution in [0.3, 0.4) is 0 Å². The molecule has 0 spiro atoms. The molecule has 0 saturated heterocycles. The van der Waals surface area contributed by atoms with Crippen LogP contribution in [0.15, 0.2) is 66.9 Å². The molecule has 1 unspecified atom stereocenters. The van der Waals surface area contributed by atoms with Crippen molar-refractivity contribution >= 4 is 11.6 Å². The quantitative estimate of drug-likeness (QED) is 0.940. The number of anilines is 1. The first kappa shape index (κ1) is 13.2. The molecule has 1 heterocycles. The summed E-state index contributed by atoms with van der Waals surface area (Å²) in [4.78, 5) is 14.4. The number of amides is 1. The number of carbonyl (C=O) groups is 1. The molecule has 0 aliphatic carbocycles. The molecule has 2 N–H and O–H groups in total. The zero-order valence-corrected chi connectivity index (χ0v) is 11.5. The van der Waals surface area contributed by atoms with Crippen molar-refractivity contribution in [3.05, 3.63) is 72.4 Å². The monoisotopic (exact) mass is 280 g/mol. The molecule has 4 heteroatoms. The summed E-state index contributed by atoms with van der Waals surface area (Å²) in [7, 11) is 0. The van der Waals surface area contributed by atoms with Crippen molar-refractivity contribution in [3.8, 4) is 5.75 Å². The van der Waals surface area contributed by atoms with Crippen molar-refractivity contribution in [2.24, 2.45) is 5.73 Å². The number of nitrogens with zero attached hydrogens (tertiary/aromatic N) is 1. The summed E-state index contributed by atoms with van der Waals surface area (Å²) < 4.78 is 5.88. The molecule has 4 nitrogen and oxygen atoms in total. The third-order valence-corrected chi connectivity index (χ3v) is 3.35. The molecule has 1 aliphatic rings. The van der Waals surface area contributed by atoms with Gasteiger partial charge in [-0.25, -0.2) is 0 Å². The molecule has 0 radical (unpaired) electrons. The maximum Gasteiger partial charge on any atom is 0.273 e. The summed E-state index contributed by atoms with van der Waals surface area (Å²) in [5.41, 5.74) is 7.68. The number of hydrogen-bond donors (Lipinski definition) is 1. The van der Waals surface area contributed by atoms with E-state index < -0.39 is 6.10 Å². The van der Waals surface area contributed by atoms with Crippen molar-refractivity contribution < 1.29 is 9.53 Å². The van der Waals surface area contributed by atoms with Gasteiger partial charge in [0.25, 0.3) is 5.91 Å². The lowest BCUT2D eigenvalue weighted by Gasteiger charge is -2.34. The number of rotatable bonds is 3. The molecule has 1 atom stereocenters. The Bertz CT molecular complexity index is 682. The van der Waals surface area contributed by atoms with Crippen LogP contribution >= 0.6 is 0 Å². The van der Waals surface area contributed by atoms with E-state index in [0.29, 0.717) is 11.4 Å². The van der Waals surface area contributed by atoms with Crippen LogP contribution in [0.5, 0.6) is 5.75 Å². The molecule has 21 heavy (non-hydrogen) atoms. The minimum atomic E-state index is -0.652. The van der Waals surface area contributed by atoms with Gasteiger partial charge in [-0.3, -0.25) is 9.69 Å². The van der Waals surface area contributed by atoms with E-state index >= 15 is 0 Å². The first-order chi connectivity index (χ1) is 10.2. The number of carbonyl (C=O) groups excluding carboxylic acids is 1. The average molecular weight is 280 g/mol. The van der Waals surface area contributed by atoms with Crippen LogP contribution < -0.4 is 15.4 Å². The first-order valence-electron chi connectivity index (χ1n) is 6.72. The highest BCUT2D eigenvalue weighted by molar-refractivity contribution is 6.00. The molecule has 0 bridgehead atoms. The second-order valence-corrected chi connectivity index (χ2v) is 4.96. The summed E-state index contributed by atoms with van der Waals surface area (Å²) in [6, 6.07) is 16.9. The lowest BCUT2D eigenvalue weighted by Crippen LogP contribution is -2.42. The van der Waals surface area contributed by atoms with Crippen molar-refractivity contribution in [2.75, 3.05) is 11.4 Å². The van der Waals surface area contributed by atoms with Crippen LogP contribution in [-0.4, -0.2) is 12.5 Å². The third-order valence-electron chi connectivity index (χ3n) is 3.35. The lowest BCUT2D eigenvalue weighted by molar-refractivity contribution is -0.126. The Labute approximate surface area is 123 Å². The van der Waals surface area contributed by atoms with Gasteiger partial charge in [0, 0.05) is 11.3 Å². The Morgan fingerprint density at radius 3 is 2.52 bits per heavy atom. The SMILES string of the molecule is C=C(N)CN1C(=O)C(c2ccccc2)Oc2ccccc21. The Hall–Kier alpha value is -2.75. The molecule has 0 saturated carbocycles. The van der Waals surface area contributed by atoms with E-state index in [1.807, 2.05) is 54.6 Å². The van der Waals surface area contributed by atoms with Crippen molar-refractivity contribution in [1.82, 2.24) is 0 Å². The van der Waals surface area contributed by atoms with Gasteiger partial charge in [-0.1, -0.05) is 49.0 Å². The van der Waals surface area contributed by atoms with Crippen LogP contribution in [0.4, 0.5) is 5.69 Å². The second-order valence-electron chi connectivity index (χ2n) is 4.96. The van der Waals surface area contributed by atoms with E-state index in [0.717, 1.165) is 11.3 Å². The van der Waals surface area contributed by atoms with E-state index in [1.54, 1.807) is 4.90 Å². The van der Waals surface area contributed by atoms with E-state index in [9.17, 15) is 4.79 Å².